The summed E-state index contributed by atoms with van der Waals surface area (Å²) in [6.45, 7) is 1.79. The third-order valence-corrected chi connectivity index (χ3v) is 3.08. The van der Waals surface area contributed by atoms with Gasteiger partial charge in [-0.05, 0) is 28.4 Å². The van der Waals surface area contributed by atoms with E-state index >= 15 is 0 Å². The molecule has 0 spiro atoms. The molecule has 0 fully saturated rings. The highest BCUT2D eigenvalue weighted by molar-refractivity contribution is 9.10. The summed E-state index contributed by atoms with van der Waals surface area (Å²) < 4.78 is 28.0. The van der Waals surface area contributed by atoms with Gasteiger partial charge in [0.05, 0.1) is 16.8 Å². The van der Waals surface area contributed by atoms with E-state index in [2.05, 4.69) is 26.2 Å². The molecular formula is C11H10BrF2N3O. The first-order valence-electron chi connectivity index (χ1n) is 5.28. The first-order valence-corrected chi connectivity index (χ1v) is 6.07. The molecule has 1 aromatic heterocycles. The summed E-state index contributed by atoms with van der Waals surface area (Å²) in [7, 11) is 0. The molecule has 1 N–H and O–H groups in total. The zero-order valence-electron chi connectivity index (χ0n) is 9.44. The number of aliphatic hydroxyl groups excluding tert-OH is 1. The van der Waals surface area contributed by atoms with Crippen LogP contribution >= 0.6 is 15.9 Å². The summed E-state index contributed by atoms with van der Waals surface area (Å²) in [5.41, 5.74) is 0.405. The van der Waals surface area contributed by atoms with Crippen LogP contribution in [0.1, 0.15) is 25.1 Å². The molecule has 1 atom stereocenters. The lowest BCUT2D eigenvalue weighted by atomic mass is 10.2. The highest BCUT2D eigenvalue weighted by Gasteiger charge is 2.14. The van der Waals surface area contributed by atoms with Crippen molar-refractivity contribution in [1.29, 1.82) is 0 Å². The molecule has 0 aliphatic carbocycles. The van der Waals surface area contributed by atoms with Crippen LogP contribution < -0.4 is 0 Å². The van der Waals surface area contributed by atoms with E-state index in [9.17, 15) is 13.9 Å². The van der Waals surface area contributed by atoms with Gasteiger partial charge in [0.1, 0.15) is 17.2 Å². The summed E-state index contributed by atoms with van der Waals surface area (Å²) >= 11 is 2.97. The number of hydrogen-bond acceptors (Lipinski definition) is 3. The van der Waals surface area contributed by atoms with Gasteiger partial charge >= 0.3 is 0 Å². The number of benzene rings is 1. The first kappa shape index (κ1) is 13.1. The second-order valence-electron chi connectivity index (χ2n) is 3.73. The molecule has 7 heteroatoms. The third-order valence-electron chi connectivity index (χ3n) is 2.48. The molecule has 18 heavy (non-hydrogen) atoms. The van der Waals surface area contributed by atoms with Crippen molar-refractivity contribution in [3.8, 4) is 5.69 Å². The highest BCUT2D eigenvalue weighted by Crippen LogP contribution is 2.23. The van der Waals surface area contributed by atoms with Crippen molar-refractivity contribution in [2.24, 2.45) is 0 Å². The summed E-state index contributed by atoms with van der Waals surface area (Å²) in [6, 6.07) is 2.03. The van der Waals surface area contributed by atoms with Crippen molar-refractivity contribution in [1.82, 2.24) is 15.0 Å². The predicted octanol–water partition coefficient (Wildman–Crippen LogP) is 2.75. The topological polar surface area (TPSA) is 50.9 Å². The molecule has 0 aliphatic heterocycles. The lowest BCUT2D eigenvalue weighted by molar-refractivity contribution is 0.169. The van der Waals surface area contributed by atoms with Crippen LogP contribution in [0.15, 0.2) is 22.8 Å². The van der Waals surface area contributed by atoms with Gasteiger partial charge < -0.3 is 5.11 Å². The lowest BCUT2D eigenvalue weighted by Gasteiger charge is -2.04. The van der Waals surface area contributed by atoms with E-state index in [0.717, 1.165) is 10.7 Å². The maximum Gasteiger partial charge on any atom is 0.151 e. The second-order valence-corrected chi connectivity index (χ2v) is 4.58. The number of aliphatic hydroxyl groups is 1. The SMILES string of the molecule is CCC(O)c1cn(-c2cc(Br)c(F)cc2F)nn1. The van der Waals surface area contributed by atoms with Crippen LogP contribution in [0, 0.1) is 11.6 Å². The van der Waals surface area contributed by atoms with E-state index in [4.69, 9.17) is 0 Å². The maximum atomic E-state index is 13.6. The minimum absolute atomic E-state index is 0.0605. The Labute approximate surface area is 110 Å². The maximum absolute atomic E-state index is 13.6. The highest BCUT2D eigenvalue weighted by atomic mass is 79.9. The van der Waals surface area contributed by atoms with E-state index in [1.54, 1.807) is 6.92 Å². The molecule has 1 heterocycles. The molecular weight excluding hydrogens is 308 g/mol. The molecule has 4 nitrogen and oxygen atoms in total. The van der Waals surface area contributed by atoms with Crippen molar-refractivity contribution >= 4 is 15.9 Å². The van der Waals surface area contributed by atoms with Crippen LogP contribution in [-0.4, -0.2) is 20.1 Å². The van der Waals surface area contributed by atoms with Crippen molar-refractivity contribution in [2.45, 2.75) is 19.4 Å². The lowest BCUT2D eigenvalue weighted by Crippen LogP contribution is -2.00. The van der Waals surface area contributed by atoms with Gasteiger partial charge in [-0.15, -0.1) is 5.10 Å². The van der Waals surface area contributed by atoms with Gasteiger partial charge in [-0.1, -0.05) is 12.1 Å². The quantitative estimate of drug-likeness (QED) is 0.886. The standard InChI is InChI=1S/C11H10BrF2N3O/c1-2-11(18)9-5-17(16-15-9)10-3-6(12)7(13)4-8(10)14/h3-5,11,18H,2H2,1H3. The molecule has 0 saturated carbocycles. The minimum Gasteiger partial charge on any atom is -0.387 e. The summed E-state index contributed by atoms with van der Waals surface area (Å²) in [4.78, 5) is 0. The van der Waals surface area contributed by atoms with Gasteiger partial charge in [-0.25, -0.2) is 13.5 Å². The fourth-order valence-corrected chi connectivity index (χ4v) is 1.78. The van der Waals surface area contributed by atoms with E-state index in [1.165, 1.54) is 12.3 Å². The van der Waals surface area contributed by atoms with Crippen molar-refractivity contribution < 1.29 is 13.9 Å². The summed E-state index contributed by atoms with van der Waals surface area (Å²) in [5.74, 6) is -1.44. The fourth-order valence-electron chi connectivity index (χ4n) is 1.44. The zero-order valence-corrected chi connectivity index (χ0v) is 11.0. The van der Waals surface area contributed by atoms with Crippen LogP contribution in [0.3, 0.4) is 0 Å². The Morgan fingerprint density at radius 2 is 2.11 bits per heavy atom. The molecule has 0 saturated heterocycles. The van der Waals surface area contributed by atoms with Crippen molar-refractivity contribution in [3.05, 3.63) is 40.1 Å². The van der Waals surface area contributed by atoms with E-state index in [1.807, 2.05) is 0 Å². The molecule has 1 aromatic carbocycles. The Bertz CT molecular complexity index is 573. The average molecular weight is 318 g/mol. The van der Waals surface area contributed by atoms with E-state index < -0.39 is 17.7 Å². The number of aromatic nitrogens is 3. The second kappa shape index (κ2) is 5.11. The number of rotatable bonds is 3. The number of nitrogens with zero attached hydrogens (tertiary/aromatic N) is 3. The molecule has 0 aliphatic rings. The fraction of sp³-hybridized carbons (Fsp3) is 0.273. The molecule has 2 rings (SSSR count). The Balaban J connectivity index is 2.43. The number of hydrogen-bond donors (Lipinski definition) is 1. The van der Waals surface area contributed by atoms with E-state index in [-0.39, 0.29) is 10.2 Å². The van der Waals surface area contributed by atoms with Crippen LogP contribution in [0.5, 0.6) is 0 Å². The van der Waals surface area contributed by atoms with Crippen molar-refractivity contribution in [2.75, 3.05) is 0 Å². The van der Waals surface area contributed by atoms with Gasteiger partial charge in [-0.3, -0.25) is 0 Å². The molecule has 2 aromatic rings. The average Bonchev–Trinajstić information content (AvgIpc) is 2.82. The molecule has 0 amide bonds. The predicted molar refractivity (Wildman–Crippen MR) is 64.2 cm³/mol. The summed E-state index contributed by atoms with van der Waals surface area (Å²) in [5, 5.41) is 17.0. The molecule has 96 valence electrons. The summed E-state index contributed by atoms with van der Waals surface area (Å²) in [6.07, 6.45) is 1.15. The van der Waals surface area contributed by atoms with Crippen LogP contribution in [0.4, 0.5) is 8.78 Å². The Morgan fingerprint density at radius 1 is 1.39 bits per heavy atom. The first-order chi connectivity index (χ1) is 8.52. The Morgan fingerprint density at radius 3 is 2.78 bits per heavy atom. The normalized spacial score (nSPS) is 12.7. The monoisotopic (exact) mass is 317 g/mol. The number of halogens is 3. The Kier molecular flexibility index (Phi) is 3.72. The third kappa shape index (κ3) is 2.41. The van der Waals surface area contributed by atoms with Gasteiger partial charge in [0, 0.05) is 6.07 Å². The van der Waals surface area contributed by atoms with Gasteiger partial charge in [0.25, 0.3) is 0 Å². The van der Waals surface area contributed by atoms with E-state index in [0.29, 0.717) is 12.1 Å². The van der Waals surface area contributed by atoms with Gasteiger partial charge in [0.2, 0.25) is 0 Å². The van der Waals surface area contributed by atoms with Crippen LogP contribution in [-0.2, 0) is 0 Å². The van der Waals surface area contributed by atoms with Crippen LogP contribution in [0.2, 0.25) is 0 Å². The van der Waals surface area contributed by atoms with Gasteiger partial charge in [-0.2, -0.15) is 0 Å². The molecule has 0 bridgehead atoms. The van der Waals surface area contributed by atoms with Gasteiger partial charge in [0.15, 0.2) is 5.82 Å². The largest absolute Gasteiger partial charge is 0.387 e. The van der Waals surface area contributed by atoms with Crippen molar-refractivity contribution in [3.63, 3.8) is 0 Å². The molecule has 0 radical (unpaired) electrons. The zero-order chi connectivity index (χ0) is 13.3. The minimum atomic E-state index is -0.752. The van der Waals surface area contributed by atoms with Crippen LogP contribution in [0.25, 0.3) is 5.69 Å². The smallest absolute Gasteiger partial charge is 0.151 e. The molecule has 1 unspecified atom stereocenters. The Hall–Kier alpha value is -1.34.